The summed E-state index contributed by atoms with van der Waals surface area (Å²) in [7, 11) is 3.52. The van der Waals surface area contributed by atoms with Gasteiger partial charge in [-0.25, -0.2) is 4.79 Å². The number of nitrogens with zero attached hydrogens (tertiary/aromatic N) is 6. The van der Waals surface area contributed by atoms with Crippen LogP contribution in [-0.4, -0.2) is 28.5 Å². The van der Waals surface area contributed by atoms with Gasteiger partial charge in [0.2, 0.25) is 0 Å². The minimum absolute atomic E-state index is 0.201. The van der Waals surface area contributed by atoms with Crippen LogP contribution in [-0.2, 0) is 27.2 Å². The predicted molar refractivity (Wildman–Crippen MR) is 147 cm³/mol. The molecule has 4 heterocycles. The molecule has 8 heteroatoms. The summed E-state index contributed by atoms with van der Waals surface area (Å²) >= 11 is 0. The Morgan fingerprint density at radius 2 is 1.62 bits per heavy atom. The molecule has 0 aliphatic carbocycles. The maximum Gasteiger partial charge on any atom is 0.332 e. The summed E-state index contributed by atoms with van der Waals surface area (Å²) in [6.45, 7) is 4.99. The molecule has 0 unspecified atom stereocenters. The van der Waals surface area contributed by atoms with E-state index in [9.17, 15) is 9.59 Å². The van der Waals surface area contributed by atoms with Crippen LogP contribution in [0.25, 0.3) is 44.1 Å². The molecule has 0 saturated heterocycles. The number of rotatable bonds is 5. The number of aromatic nitrogens is 6. The van der Waals surface area contributed by atoms with Crippen molar-refractivity contribution in [2.45, 2.75) is 26.9 Å². The smallest absolute Gasteiger partial charge is 0.332 e. The lowest BCUT2D eigenvalue weighted by Gasteiger charge is -2.12. The molecule has 0 amide bonds. The molecule has 0 radical (unpaired) electrons. The zero-order valence-electron chi connectivity index (χ0n) is 21.3. The van der Waals surface area contributed by atoms with Crippen LogP contribution in [0.1, 0.15) is 19.4 Å². The maximum absolute atomic E-state index is 13.7. The van der Waals surface area contributed by atoms with Gasteiger partial charge in [-0.15, -0.1) is 0 Å². The molecule has 0 aliphatic rings. The zero-order chi connectivity index (χ0) is 25.8. The molecule has 0 atom stereocenters. The van der Waals surface area contributed by atoms with Crippen LogP contribution in [0.3, 0.4) is 0 Å². The van der Waals surface area contributed by atoms with E-state index in [0.717, 1.165) is 32.9 Å². The van der Waals surface area contributed by atoms with Gasteiger partial charge in [-0.2, -0.15) is 5.10 Å². The summed E-state index contributed by atoms with van der Waals surface area (Å²) in [5.74, 6) is 0.201. The van der Waals surface area contributed by atoms with Gasteiger partial charge < -0.3 is 4.57 Å². The maximum atomic E-state index is 13.7. The molecule has 0 bridgehead atoms. The third-order valence-corrected chi connectivity index (χ3v) is 6.96. The van der Waals surface area contributed by atoms with Crippen molar-refractivity contribution >= 4 is 32.7 Å². The Kier molecular flexibility index (Phi) is 5.33. The standard InChI is InChI=1S/C29H28N6O2/c1-18(2)15-34-27-24(28(36)33(4)29(34)37)26(25-22-11-6-5-9-19(22)16-32(25)3)35(31-27)17-20-13-14-30-23-12-8-7-10-21(20)23/h5-14,16,18H,15,17H2,1-4H3. The van der Waals surface area contributed by atoms with Crippen molar-refractivity contribution in [3.8, 4) is 11.4 Å². The fraction of sp³-hybridized carbons (Fsp3) is 0.241. The third-order valence-electron chi connectivity index (χ3n) is 6.96. The van der Waals surface area contributed by atoms with E-state index in [1.54, 1.807) is 17.8 Å². The molecule has 0 spiro atoms. The van der Waals surface area contributed by atoms with Crippen molar-refractivity contribution in [3.63, 3.8) is 0 Å². The number of para-hydroxylation sites is 1. The molecule has 8 nitrogen and oxygen atoms in total. The van der Waals surface area contributed by atoms with E-state index in [0.29, 0.717) is 29.8 Å². The quantitative estimate of drug-likeness (QED) is 0.359. The van der Waals surface area contributed by atoms with Gasteiger partial charge in [0.1, 0.15) is 11.1 Å². The first-order valence-corrected chi connectivity index (χ1v) is 12.4. The van der Waals surface area contributed by atoms with Gasteiger partial charge in [-0.3, -0.25) is 23.6 Å². The van der Waals surface area contributed by atoms with Crippen LogP contribution in [0.5, 0.6) is 0 Å². The fourth-order valence-electron chi connectivity index (χ4n) is 5.28. The van der Waals surface area contributed by atoms with Crippen LogP contribution in [0.15, 0.2) is 76.6 Å². The van der Waals surface area contributed by atoms with Gasteiger partial charge in [-0.1, -0.05) is 56.3 Å². The number of pyridine rings is 1. The number of aryl methyl sites for hydroxylation is 1. The van der Waals surface area contributed by atoms with Gasteiger partial charge in [0, 0.05) is 49.2 Å². The molecule has 2 aromatic carbocycles. The van der Waals surface area contributed by atoms with E-state index in [1.807, 2.05) is 58.8 Å². The monoisotopic (exact) mass is 492 g/mol. The molecule has 0 aliphatic heterocycles. The topological polar surface area (TPSA) is 79.6 Å². The van der Waals surface area contributed by atoms with Gasteiger partial charge in [0.05, 0.1) is 17.8 Å². The molecular weight excluding hydrogens is 464 g/mol. The Morgan fingerprint density at radius 1 is 0.892 bits per heavy atom. The van der Waals surface area contributed by atoms with E-state index < -0.39 is 0 Å². The first-order chi connectivity index (χ1) is 17.8. The first kappa shape index (κ1) is 23.0. The molecule has 186 valence electrons. The first-order valence-electron chi connectivity index (χ1n) is 12.4. The predicted octanol–water partition coefficient (Wildman–Crippen LogP) is 4.31. The Morgan fingerprint density at radius 3 is 2.41 bits per heavy atom. The van der Waals surface area contributed by atoms with Crippen molar-refractivity contribution in [1.82, 2.24) is 28.5 Å². The normalized spacial score (nSPS) is 11.9. The minimum atomic E-state index is -0.353. The Bertz CT molecular complexity index is 1930. The zero-order valence-corrected chi connectivity index (χ0v) is 21.3. The van der Waals surface area contributed by atoms with E-state index in [2.05, 4.69) is 37.2 Å². The van der Waals surface area contributed by atoms with Crippen LogP contribution in [0.4, 0.5) is 0 Å². The Balaban J connectivity index is 1.74. The molecular formula is C29H28N6O2. The van der Waals surface area contributed by atoms with E-state index in [4.69, 9.17) is 5.10 Å². The number of benzene rings is 2. The molecule has 0 N–H and O–H groups in total. The number of fused-ring (bicyclic) bond motifs is 3. The van der Waals surface area contributed by atoms with Gasteiger partial charge in [0.25, 0.3) is 5.56 Å². The third kappa shape index (κ3) is 3.59. The molecule has 6 rings (SSSR count). The second-order valence-electron chi connectivity index (χ2n) is 10.0. The van der Waals surface area contributed by atoms with Gasteiger partial charge >= 0.3 is 5.69 Å². The van der Waals surface area contributed by atoms with Gasteiger partial charge in [0.15, 0.2) is 5.65 Å². The largest absolute Gasteiger partial charge is 0.348 e. The summed E-state index contributed by atoms with van der Waals surface area (Å²) in [5.41, 5.74) is 3.25. The highest BCUT2D eigenvalue weighted by Gasteiger charge is 2.26. The lowest BCUT2D eigenvalue weighted by Crippen LogP contribution is -2.38. The molecule has 0 saturated carbocycles. The van der Waals surface area contributed by atoms with E-state index in [-0.39, 0.29) is 17.2 Å². The van der Waals surface area contributed by atoms with Crippen molar-refractivity contribution in [1.29, 1.82) is 0 Å². The molecule has 6 aromatic rings. The Labute approximate surface area is 213 Å². The molecule has 37 heavy (non-hydrogen) atoms. The fourth-order valence-corrected chi connectivity index (χ4v) is 5.28. The summed E-state index contributed by atoms with van der Waals surface area (Å²) in [6, 6.07) is 18.1. The highest BCUT2D eigenvalue weighted by Crippen LogP contribution is 2.34. The second-order valence-corrected chi connectivity index (χ2v) is 10.0. The molecule has 4 aromatic heterocycles. The highest BCUT2D eigenvalue weighted by molar-refractivity contribution is 6.02. The summed E-state index contributed by atoms with van der Waals surface area (Å²) < 4.78 is 6.76. The number of hydrogen-bond acceptors (Lipinski definition) is 4. The number of hydrogen-bond donors (Lipinski definition) is 0. The second kappa shape index (κ2) is 8.58. The van der Waals surface area contributed by atoms with Crippen LogP contribution in [0, 0.1) is 5.92 Å². The van der Waals surface area contributed by atoms with Crippen molar-refractivity contribution in [2.24, 2.45) is 20.0 Å². The van der Waals surface area contributed by atoms with Crippen molar-refractivity contribution in [3.05, 3.63) is 93.4 Å². The summed E-state index contributed by atoms with van der Waals surface area (Å²) in [4.78, 5) is 31.4. The van der Waals surface area contributed by atoms with E-state index in [1.165, 1.54) is 4.57 Å². The van der Waals surface area contributed by atoms with Crippen LogP contribution < -0.4 is 11.2 Å². The van der Waals surface area contributed by atoms with Crippen molar-refractivity contribution < 1.29 is 0 Å². The SMILES string of the molecule is CC(C)Cn1c(=O)n(C)c(=O)c2c(-c3c4ccccc4cn3C)n(Cc3ccnc4ccccc34)nc21. The average molecular weight is 493 g/mol. The lowest BCUT2D eigenvalue weighted by molar-refractivity contribution is 0.498. The Hall–Kier alpha value is -4.46. The van der Waals surface area contributed by atoms with E-state index >= 15 is 0 Å². The van der Waals surface area contributed by atoms with Crippen LogP contribution in [0.2, 0.25) is 0 Å². The molecule has 0 fully saturated rings. The minimum Gasteiger partial charge on any atom is -0.348 e. The van der Waals surface area contributed by atoms with Gasteiger partial charge in [-0.05, 0) is 23.6 Å². The lowest BCUT2D eigenvalue weighted by atomic mass is 10.1. The summed E-state index contributed by atoms with van der Waals surface area (Å²) in [6.07, 6.45) is 3.86. The average Bonchev–Trinajstić information content (AvgIpc) is 3.41. The van der Waals surface area contributed by atoms with Crippen LogP contribution >= 0.6 is 0 Å². The van der Waals surface area contributed by atoms with Crippen molar-refractivity contribution in [2.75, 3.05) is 0 Å². The summed E-state index contributed by atoms with van der Waals surface area (Å²) in [5, 5.41) is 8.54. The highest BCUT2D eigenvalue weighted by atomic mass is 16.2.